The third-order valence-corrected chi connectivity index (χ3v) is 5.89. The van der Waals surface area contributed by atoms with E-state index in [0.717, 1.165) is 18.8 Å². The van der Waals surface area contributed by atoms with Gasteiger partial charge in [-0.3, -0.25) is 4.79 Å². The summed E-state index contributed by atoms with van der Waals surface area (Å²) in [7, 11) is 0. The van der Waals surface area contributed by atoms with Crippen molar-refractivity contribution in [3.8, 4) is 0 Å². The van der Waals surface area contributed by atoms with Gasteiger partial charge in [0, 0.05) is 6.42 Å². The Morgan fingerprint density at radius 3 is 1.30 bits per heavy atom. The summed E-state index contributed by atoms with van der Waals surface area (Å²) in [5.74, 6) is 0.286. The molecule has 0 spiro atoms. The fraction of sp³-hybridized carbons (Fsp3) is 0.960. The zero-order chi connectivity index (χ0) is 20.0. The summed E-state index contributed by atoms with van der Waals surface area (Å²) in [6, 6.07) is 0. The minimum atomic E-state index is -0.651. The topological polar surface area (TPSA) is 37.3 Å². The van der Waals surface area contributed by atoms with E-state index in [0.29, 0.717) is 6.42 Å². The molecule has 27 heavy (non-hydrogen) atoms. The smallest absolute Gasteiger partial charge is 0.303 e. The van der Waals surface area contributed by atoms with E-state index < -0.39 is 5.97 Å². The van der Waals surface area contributed by atoms with Crippen molar-refractivity contribution >= 4 is 5.97 Å². The van der Waals surface area contributed by atoms with Gasteiger partial charge in [0.25, 0.3) is 0 Å². The summed E-state index contributed by atoms with van der Waals surface area (Å²) in [4.78, 5) is 10.4. The first-order valence-electron chi connectivity index (χ1n) is 12.4. The lowest BCUT2D eigenvalue weighted by molar-refractivity contribution is -0.137. The quantitative estimate of drug-likeness (QED) is 0.190. The fourth-order valence-electron chi connectivity index (χ4n) is 3.95. The molecular formula is C25H50O2. The highest BCUT2D eigenvalue weighted by atomic mass is 16.4. The second kappa shape index (κ2) is 21.8. The SMILES string of the molecule is CCCCCCCCC(C)CCCCCCCCCCCCCCC(=O)O. The molecule has 0 aliphatic carbocycles. The monoisotopic (exact) mass is 382 g/mol. The van der Waals surface area contributed by atoms with Crippen LogP contribution in [0.25, 0.3) is 0 Å². The molecule has 0 radical (unpaired) electrons. The first kappa shape index (κ1) is 26.5. The van der Waals surface area contributed by atoms with Crippen LogP contribution >= 0.6 is 0 Å². The van der Waals surface area contributed by atoms with Gasteiger partial charge in [0.1, 0.15) is 0 Å². The van der Waals surface area contributed by atoms with E-state index in [1.807, 2.05) is 0 Å². The number of aliphatic carboxylic acids is 1. The molecule has 0 fully saturated rings. The minimum Gasteiger partial charge on any atom is -0.481 e. The van der Waals surface area contributed by atoms with Gasteiger partial charge in [0.2, 0.25) is 0 Å². The standard InChI is InChI=1S/C25H50O2/c1-3-4-5-6-15-18-21-24(2)22-19-16-13-11-9-7-8-10-12-14-17-20-23-25(26)27/h24H,3-23H2,1-2H3,(H,26,27). The third-order valence-electron chi connectivity index (χ3n) is 5.89. The van der Waals surface area contributed by atoms with E-state index in [4.69, 9.17) is 5.11 Å². The van der Waals surface area contributed by atoms with E-state index in [2.05, 4.69) is 13.8 Å². The summed E-state index contributed by atoms with van der Waals surface area (Å²) in [5, 5.41) is 8.59. The summed E-state index contributed by atoms with van der Waals surface area (Å²) in [6.07, 6.45) is 27.5. The molecule has 1 atom stereocenters. The van der Waals surface area contributed by atoms with Crippen LogP contribution in [0.4, 0.5) is 0 Å². The summed E-state index contributed by atoms with van der Waals surface area (Å²) in [5.41, 5.74) is 0. The maximum absolute atomic E-state index is 10.4. The van der Waals surface area contributed by atoms with Crippen molar-refractivity contribution in [3.63, 3.8) is 0 Å². The lowest BCUT2D eigenvalue weighted by Crippen LogP contribution is -1.95. The number of carbonyl (C=O) groups is 1. The van der Waals surface area contributed by atoms with Crippen LogP contribution < -0.4 is 0 Å². The molecule has 0 amide bonds. The van der Waals surface area contributed by atoms with Gasteiger partial charge in [-0.05, 0) is 12.3 Å². The molecular weight excluding hydrogens is 332 g/mol. The molecule has 0 aromatic carbocycles. The van der Waals surface area contributed by atoms with Crippen LogP contribution in [0.5, 0.6) is 0 Å². The number of carboxylic acid groups (broad SMARTS) is 1. The van der Waals surface area contributed by atoms with E-state index in [-0.39, 0.29) is 0 Å². The van der Waals surface area contributed by atoms with Gasteiger partial charge in [0.05, 0.1) is 0 Å². The van der Waals surface area contributed by atoms with Gasteiger partial charge < -0.3 is 5.11 Å². The Morgan fingerprint density at radius 2 is 0.926 bits per heavy atom. The number of rotatable bonds is 22. The second-order valence-corrected chi connectivity index (χ2v) is 8.84. The lowest BCUT2D eigenvalue weighted by Gasteiger charge is -2.11. The highest BCUT2D eigenvalue weighted by Gasteiger charge is 2.02. The van der Waals surface area contributed by atoms with Gasteiger partial charge in [0.15, 0.2) is 0 Å². The number of carboxylic acids is 1. The van der Waals surface area contributed by atoms with E-state index >= 15 is 0 Å². The highest BCUT2D eigenvalue weighted by Crippen LogP contribution is 2.19. The predicted octanol–water partition coefficient (Wildman–Crippen LogP) is 8.92. The van der Waals surface area contributed by atoms with Crippen LogP contribution in [0.1, 0.15) is 149 Å². The maximum atomic E-state index is 10.4. The van der Waals surface area contributed by atoms with Crippen LogP contribution in [-0.4, -0.2) is 11.1 Å². The van der Waals surface area contributed by atoms with Crippen molar-refractivity contribution in [1.29, 1.82) is 0 Å². The number of unbranched alkanes of at least 4 members (excludes halogenated alkanes) is 16. The first-order valence-corrected chi connectivity index (χ1v) is 12.4. The van der Waals surface area contributed by atoms with Gasteiger partial charge in [-0.1, -0.05) is 136 Å². The molecule has 2 heteroatoms. The number of hydrogen-bond acceptors (Lipinski definition) is 1. The van der Waals surface area contributed by atoms with Crippen molar-refractivity contribution in [1.82, 2.24) is 0 Å². The molecule has 2 nitrogen and oxygen atoms in total. The van der Waals surface area contributed by atoms with Crippen LogP contribution in [0, 0.1) is 5.92 Å². The van der Waals surface area contributed by atoms with Crippen molar-refractivity contribution in [2.75, 3.05) is 0 Å². The molecule has 1 N–H and O–H groups in total. The van der Waals surface area contributed by atoms with Crippen molar-refractivity contribution in [3.05, 3.63) is 0 Å². The van der Waals surface area contributed by atoms with Crippen molar-refractivity contribution < 1.29 is 9.90 Å². The Hall–Kier alpha value is -0.530. The first-order chi connectivity index (χ1) is 13.2. The maximum Gasteiger partial charge on any atom is 0.303 e. The molecule has 0 heterocycles. The van der Waals surface area contributed by atoms with Crippen molar-refractivity contribution in [2.45, 2.75) is 149 Å². The summed E-state index contributed by atoms with van der Waals surface area (Å²) in [6.45, 7) is 4.74. The van der Waals surface area contributed by atoms with Crippen LogP contribution in [0.2, 0.25) is 0 Å². The van der Waals surface area contributed by atoms with Gasteiger partial charge in [-0.15, -0.1) is 0 Å². The molecule has 1 unspecified atom stereocenters. The molecule has 0 aromatic rings. The Labute approximate surface area is 170 Å². The number of hydrogen-bond donors (Lipinski definition) is 1. The molecule has 0 saturated heterocycles. The average molecular weight is 383 g/mol. The zero-order valence-corrected chi connectivity index (χ0v) is 18.8. The van der Waals surface area contributed by atoms with Crippen molar-refractivity contribution in [2.24, 2.45) is 5.92 Å². The van der Waals surface area contributed by atoms with Gasteiger partial charge in [-0.2, -0.15) is 0 Å². The fourth-order valence-corrected chi connectivity index (χ4v) is 3.95. The molecule has 0 bridgehead atoms. The zero-order valence-electron chi connectivity index (χ0n) is 18.8. The second-order valence-electron chi connectivity index (χ2n) is 8.84. The van der Waals surface area contributed by atoms with Gasteiger partial charge >= 0.3 is 5.97 Å². The minimum absolute atomic E-state index is 0.345. The van der Waals surface area contributed by atoms with Gasteiger partial charge in [-0.25, -0.2) is 0 Å². The molecule has 0 aromatic heterocycles. The van der Waals surface area contributed by atoms with E-state index in [1.165, 1.54) is 116 Å². The normalized spacial score (nSPS) is 12.4. The lowest BCUT2D eigenvalue weighted by atomic mass is 9.96. The van der Waals surface area contributed by atoms with Crippen LogP contribution in [0.3, 0.4) is 0 Å². The molecule has 162 valence electrons. The molecule has 0 aliphatic rings. The average Bonchev–Trinajstić information content (AvgIpc) is 2.64. The highest BCUT2D eigenvalue weighted by molar-refractivity contribution is 5.66. The molecule has 0 aliphatic heterocycles. The summed E-state index contributed by atoms with van der Waals surface area (Å²) < 4.78 is 0. The molecule has 0 rings (SSSR count). The van der Waals surface area contributed by atoms with E-state index in [1.54, 1.807) is 0 Å². The molecule has 0 saturated carbocycles. The Balaban J connectivity index is 3.12. The van der Waals surface area contributed by atoms with Crippen LogP contribution in [0.15, 0.2) is 0 Å². The predicted molar refractivity (Wildman–Crippen MR) is 119 cm³/mol. The van der Waals surface area contributed by atoms with E-state index in [9.17, 15) is 4.79 Å². The Bertz CT molecular complexity index is 301. The Kier molecular flexibility index (Phi) is 21.3. The van der Waals surface area contributed by atoms with Crippen LogP contribution in [-0.2, 0) is 4.79 Å². The largest absolute Gasteiger partial charge is 0.481 e. The summed E-state index contributed by atoms with van der Waals surface area (Å²) >= 11 is 0. The third kappa shape index (κ3) is 23.4. The Morgan fingerprint density at radius 1 is 0.593 bits per heavy atom.